The van der Waals surface area contributed by atoms with Crippen LogP contribution in [0.25, 0.3) is 21.8 Å². The molecule has 0 saturated carbocycles. The van der Waals surface area contributed by atoms with Gasteiger partial charge in [-0.15, -0.1) is 0 Å². The molecule has 274 valence electrons. The van der Waals surface area contributed by atoms with Crippen LogP contribution in [0.5, 0.6) is 0 Å². The first-order valence-corrected chi connectivity index (χ1v) is 17.7. The molecule has 0 atom stereocenters. The van der Waals surface area contributed by atoms with Crippen LogP contribution in [-0.2, 0) is 46.8 Å². The molecule has 0 fully saturated rings. The van der Waals surface area contributed by atoms with Gasteiger partial charge in [-0.3, -0.25) is 29.0 Å². The molecule has 3 N–H and O–H groups in total. The molecule has 15 nitrogen and oxygen atoms in total. The number of hydrogen-bond acceptors (Lipinski definition) is 13. The van der Waals surface area contributed by atoms with E-state index in [2.05, 4.69) is 91.3 Å². The van der Waals surface area contributed by atoms with Crippen molar-refractivity contribution in [2.45, 2.75) is 32.7 Å². The van der Waals surface area contributed by atoms with E-state index in [4.69, 9.17) is 0 Å². The Morgan fingerprint density at radius 1 is 0.673 bits per heavy atom. The maximum atomic E-state index is 10.0. The quantitative estimate of drug-likeness (QED) is 0.173. The van der Waals surface area contributed by atoms with Crippen molar-refractivity contribution in [3.8, 4) is 0 Å². The van der Waals surface area contributed by atoms with Gasteiger partial charge in [-0.1, -0.05) is 36.4 Å². The van der Waals surface area contributed by atoms with Crippen molar-refractivity contribution in [1.82, 2.24) is 59.7 Å². The van der Waals surface area contributed by atoms with Gasteiger partial charge >= 0.3 is 0 Å². The van der Waals surface area contributed by atoms with Gasteiger partial charge in [0, 0.05) is 81.1 Å². The Morgan fingerprint density at radius 2 is 1.29 bits per heavy atom. The number of aryl methyl sites for hydroxylation is 2. The fourth-order valence-electron chi connectivity index (χ4n) is 6.50. The predicted octanol–water partition coefficient (Wildman–Crippen LogP) is 5.62. The zero-order valence-electron chi connectivity index (χ0n) is 30.3. The third-order valence-electron chi connectivity index (χ3n) is 9.41. The van der Waals surface area contributed by atoms with Gasteiger partial charge in [0.25, 0.3) is 0 Å². The lowest BCUT2D eigenvalue weighted by atomic mass is 10.2. The zero-order chi connectivity index (χ0) is 37.6. The Balaban J connectivity index is 0.000000133. The zero-order valence-corrected chi connectivity index (χ0v) is 30.3. The smallest absolute Gasteiger partial charge is 0.168 e. The highest BCUT2D eigenvalue weighted by Crippen LogP contribution is 2.30. The van der Waals surface area contributed by atoms with E-state index >= 15 is 0 Å². The van der Waals surface area contributed by atoms with Crippen molar-refractivity contribution in [3.63, 3.8) is 0 Å². The van der Waals surface area contributed by atoms with Gasteiger partial charge in [0.1, 0.15) is 30.0 Å². The summed E-state index contributed by atoms with van der Waals surface area (Å²) < 4.78 is 3.43. The number of hydrogen-bond donors (Lipinski definition) is 3. The van der Waals surface area contributed by atoms with E-state index in [-0.39, 0.29) is 0 Å². The molecular weight excluding hydrogens is 693 g/mol. The van der Waals surface area contributed by atoms with E-state index < -0.39 is 0 Å². The molecule has 10 rings (SSSR count). The number of carbonyl (C=O) groups excluding carboxylic acids is 1. The Labute approximate surface area is 316 Å². The van der Waals surface area contributed by atoms with Crippen LogP contribution in [0.2, 0.25) is 0 Å². The minimum absolute atomic E-state index is 0.602. The number of benzene rings is 2. The van der Waals surface area contributed by atoms with E-state index in [9.17, 15) is 4.79 Å². The summed E-state index contributed by atoms with van der Waals surface area (Å²) in [6, 6.07) is 24.0. The molecule has 0 spiro atoms. The molecule has 8 heterocycles. The summed E-state index contributed by atoms with van der Waals surface area (Å²) >= 11 is 0. The van der Waals surface area contributed by atoms with Gasteiger partial charge in [-0.05, 0) is 36.4 Å². The van der Waals surface area contributed by atoms with Crippen LogP contribution in [0.4, 0.5) is 23.0 Å². The number of aromatic nitrogens is 10. The van der Waals surface area contributed by atoms with Crippen LogP contribution in [0.3, 0.4) is 0 Å². The first-order valence-electron chi connectivity index (χ1n) is 17.7. The third-order valence-corrected chi connectivity index (χ3v) is 9.41. The number of para-hydroxylation sites is 2. The number of nitrogens with zero attached hydrogens (tertiary/aromatic N) is 11. The summed E-state index contributed by atoms with van der Waals surface area (Å²) in [6.07, 6.45) is 11.1. The average molecular weight is 731 g/mol. The molecule has 0 aliphatic carbocycles. The lowest BCUT2D eigenvalue weighted by molar-refractivity contribution is 0.111. The van der Waals surface area contributed by atoms with E-state index in [1.54, 1.807) is 32.0 Å². The van der Waals surface area contributed by atoms with E-state index in [0.29, 0.717) is 5.69 Å². The minimum atomic E-state index is 0.602. The number of fused-ring (bicyclic) bond motifs is 4. The molecule has 0 unspecified atom stereocenters. The van der Waals surface area contributed by atoms with Gasteiger partial charge in [0.2, 0.25) is 0 Å². The first kappa shape index (κ1) is 35.1. The molecule has 6 aromatic heterocycles. The van der Waals surface area contributed by atoms with E-state index in [0.717, 1.165) is 106 Å². The van der Waals surface area contributed by atoms with Gasteiger partial charge in [0.15, 0.2) is 6.29 Å². The van der Waals surface area contributed by atoms with Gasteiger partial charge in [-0.25, -0.2) is 19.9 Å². The monoisotopic (exact) mass is 730 g/mol. The molecule has 0 radical (unpaired) electrons. The molecule has 2 aliphatic heterocycles. The Hall–Kier alpha value is -6.97. The molecule has 55 heavy (non-hydrogen) atoms. The number of nitrogens with one attached hydrogen (secondary N) is 3. The summed E-state index contributed by atoms with van der Waals surface area (Å²) in [4.78, 5) is 38.9. The lowest BCUT2D eigenvalue weighted by Crippen LogP contribution is -2.18. The molecular formula is C40H38N14O. The van der Waals surface area contributed by atoms with Crippen molar-refractivity contribution in [1.29, 1.82) is 0 Å². The van der Waals surface area contributed by atoms with Gasteiger partial charge in [0.05, 0.1) is 51.9 Å². The fourth-order valence-corrected chi connectivity index (χ4v) is 6.50. The van der Waals surface area contributed by atoms with Gasteiger partial charge < -0.3 is 16.0 Å². The number of carbonyl (C=O) groups is 1. The second-order valence-electron chi connectivity index (χ2n) is 13.1. The number of aldehydes is 1. The number of rotatable bonds is 7. The average Bonchev–Trinajstić information content (AvgIpc) is 4.04. The van der Waals surface area contributed by atoms with Crippen molar-refractivity contribution < 1.29 is 4.79 Å². The van der Waals surface area contributed by atoms with Crippen molar-refractivity contribution in [2.75, 3.05) is 10.6 Å². The van der Waals surface area contributed by atoms with Crippen LogP contribution < -0.4 is 16.0 Å². The minimum Gasteiger partial charge on any atom is -0.339 e. The van der Waals surface area contributed by atoms with E-state index in [1.807, 2.05) is 66.7 Å². The maximum absolute atomic E-state index is 10.0. The SMILES string of the molecule is Cn1nccc1C=O.Cn1nccc1CN1Cc2ncnc(Nc3cnc4ccccc4c3)c2C1.c1ccc2ncc(Nc3ncnc4c3CNC4)cc2c1. The summed E-state index contributed by atoms with van der Waals surface area (Å²) in [5.74, 6) is 1.71. The second kappa shape index (κ2) is 16.0. The normalized spacial score (nSPS) is 13.0. The highest BCUT2D eigenvalue weighted by Gasteiger charge is 2.25. The van der Waals surface area contributed by atoms with Crippen LogP contribution in [0.1, 0.15) is 38.7 Å². The maximum Gasteiger partial charge on any atom is 0.168 e. The number of anilines is 4. The summed E-state index contributed by atoms with van der Waals surface area (Å²) in [6.45, 7) is 4.07. The van der Waals surface area contributed by atoms with Crippen molar-refractivity contribution in [2.24, 2.45) is 14.1 Å². The first-order chi connectivity index (χ1) is 27.0. The molecule has 0 bridgehead atoms. The largest absolute Gasteiger partial charge is 0.339 e. The molecule has 2 aromatic carbocycles. The summed E-state index contributed by atoms with van der Waals surface area (Å²) in [5, 5.41) is 20.3. The van der Waals surface area contributed by atoms with Crippen molar-refractivity contribution >= 4 is 51.1 Å². The fraction of sp³-hybridized carbons (Fsp3) is 0.175. The Bertz CT molecular complexity index is 2600. The summed E-state index contributed by atoms with van der Waals surface area (Å²) in [7, 11) is 3.70. The second-order valence-corrected chi connectivity index (χ2v) is 13.1. The molecule has 15 heteroatoms. The third kappa shape index (κ3) is 8.02. The van der Waals surface area contributed by atoms with Crippen molar-refractivity contribution in [3.05, 3.63) is 144 Å². The molecule has 0 saturated heterocycles. The Morgan fingerprint density at radius 3 is 1.89 bits per heavy atom. The molecule has 0 amide bonds. The Kier molecular flexibility index (Phi) is 10.2. The highest BCUT2D eigenvalue weighted by molar-refractivity contribution is 5.83. The van der Waals surface area contributed by atoms with Gasteiger partial charge in [-0.2, -0.15) is 10.2 Å². The lowest BCUT2D eigenvalue weighted by Gasteiger charge is -2.14. The summed E-state index contributed by atoms with van der Waals surface area (Å²) in [5.41, 5.74) is 10.1. The standard InChI is InChI=1S/C20H19N7.C15H13N5.C5H6N2O/c1-26-16(6-7-24-26)10-27-11-17-19(12-27)22-13-23-20(17)25-15-8-14-4-2-3-5-18(14)21-9-15;1-2-4-13-10(3-1)5-11(6-17-13)20-15-12-7-16-8-14(12)18-9-19-15;1-7-5(4-8)2-3-6-7/h2-9,13H,10-12H2,1H3,(H,22,23,25);1-6,9,16H,7-8H2,(H,18,19,20);2-4H,1H3. The highest BCUT2D eigenvalue weighted by atomic mass is 16.1. The number of pyridine rings is 2. The molecule has 8 aromatic rings. The van der Waals surface area contributed by atoms with Crippen LogP contribution in [0.15, 0.2) is 110 Å². The molecule has 2 aliphatic rings. The predicted molar refractivity (Wildman–Crippen MR) is 209 cm³/mol. The van der Waals surface area contributed by atoms with Crippen LogP contribution in [0, 0.1) is 0 Å². The van der Waals surface area contributed by atoms with E-state index in [1.165, 1.54) is 10.4 Å². The van der Waals surface area contributed by atoms with Crippen LogP contribution in [-0.4, -0.2) is 60.7 Å². The van der Waals surface area contributed by atoms with Crippen LogP contribution >= 0.6 is 0 Å². The topological polar surface area (TPSA) is 169 Å².